The highest BCUT2D eigenvalue weighted by Gasteiger charge is 2.07. The van der Waals surface area contributed by atoms with Crippen molar-refractivity contribution in [3.8, 4) is 11.5 Å². The number of carbonyl (C=O) groups is 1. The molecule has 0 aromatic heterocycles. The zero-order valence-corrected chi connectivity index (χ0v) is 11.5. The summed E-state index contributed by atoms with van der Waals surface area (Å²) >= 11 is 0. The van der Waals surface area contributed by atoms with Crippen molar-refractivity contribution in [2.24, 2.45) is 0 Å². The van der Waals surface area contributed by atoms with Crippen LogP contribution in [0.3, 0.4) is 0 Å². The van der Waals surface area contributed by atoms with Crippen LogP contribution < -0.4 is 9.47 Å². The van der Waals surface area contributed by atoms with Crippen molar-refractivity contribution >= 4 is 11.9 Å². The lowest BCUT2D eigenvalue weighted by molar-refractivity contribution is 0.104. The fraction of sp³-hybridized carbons (Fsp3) is 0.118. The van der Waals surface area contributed by atoms with E-state index in [2.05, 4.69) is 0 Å². The Labute approximate surface area is 118 Å². The first-order valence-corrected chi connectivity index (χ1v) is 6.23. The Morgan fingerprint density at radius 2 is 1.55 bits per heavy atom. The van der Waals surface area contributed by atoms with E-state index >= 15 is 0 Å². The Morgan fingerprint density at radius 3 is 2.10 bits per heavy atom. The number of ketones is 1. The van der Waals surface area contributed by atoms with Gasteiger partial charge in [-0.25, -0.2) is 0 Å². The summed E-state index contributed by atoms with van der Waals surface area (Å²) in [6.45, 7) is 0. The highest BCUT2D eigenvalue weighted by atomic mass is 16.5. The molecule has 0 saturated heterocycles. The molecule has 0 saturated carbocycles. The van der Waals surface area contributed by atoms with Gasteiger partial charge >= 0.3 is 0 Å². The van der Waals surface area contributed by atoms with Crippen molar-refractivity contribution in [2.45, 2.75) is 0 Å². The third-order valence-corrected chi connectivity index (χ3v) is 2.86. The molecule has 2 rings (SSSR count). The number of allylic oxidation sites excluding steroid dienone is 1. The number of carbonyl (C=O) groups excluding carboxylic acids is 1. The van der Waals surface area contributed by atoms with E-state index in [1.54, 1.807) is 44.6 Å². The fourth-order valence-corrected chi connectivity index (χ4v) is 1.78. The van der Waals surface area contributed by atoms with Crippen molar-refractivity contribution in [1.29, 1.82) is 0 Å². The molecule has 3 nitrogen and oxygen atoms in total. The molecule has 0 heterocycles. The van der Waals surface area contributed by atoms with Gasteiger partial charge in [-0.1, -0.05) is 36.4 Å². The lowest BCUT2D eigenvalue weighted by Gasteiger charge is -2.06. The minimum atomic E-state index is -0.0916. The topological polar surface area (TPSA) is 35.5 Å². The molecular weight excluding hydrogens is 252 g/mol. The Balaban J connectivity index is 2.23. The summed E-state index contributed by atoms with van der Waals surface area (Å²) in [5, 5.41) is 0. The molecule has 0 spiro atoms. The van der Waals surface area contributed by atoms with Crippen LogP contribution in [0.25, 0.3) is 6.08 Å². The van der Waals surface area contributed by atoms with Crippen LogP contribution in [0.2, 0.25) is 0 Å². The molecule has 0 N–H and O–H groups in total. The molecule has 0 unspecified atom stereocenters. The van der Waals surface area contributed by atoms with Crippen LogP contribution in [0, 0.1) is 0 Å². The first-order chi connectivity index (χ1) is 9.72. The maximum absolute atomic E-state index is 12.2. The van der Waals surface area contributed by atoms with Gasteiger partial charge in [0, 0.05) is 11.6 Å². The standard InChI is InChI=1S/C17H16O3/c1-19-15-10-14(11-16(12-15)20-2)17(18)9-8-13-6-4-3-5-7-13/h3-12H,1-2H3/b9-8+. The third-order valence-electron chi connectivity index (χ3n) is 2.86. The summed E-state index contributed by atoms with van der Waals surface area (Å²) in [5.41, 5.74) is 1.52. The van der Waals surface area contributed by atoms with E-state index in [0.717, 1.165) is 5.56 Å². The average molecular weight is 268 g/mol. The van der Waals surface area contributed by atoms with Crippen molar-refractivity contribution < 1.29 is 14.3 Å². The first-order valence-electron chi connectivity index (χ1n) is 6.23. The van der Waals surface area contributed by atoms with Gasteiger partial charge in [0.2, 0.25) is 0 Å². The second-order valence-corrected chi connectivity index (χ2v) is 4.21. The zero-order valence-electron chi connectivity index (χ0n) is 11.5. The van der Waals surface area contributed by atoms with Gasteiger partial charge in [-0.3, -0.25) is 4.79 Å². The summed E-state index contributed by atoms with van der Waals surface area (Å²) in [6, 6.07) is 14.8. The SMILES string of the molecule is COc1cc(OC)cc(C(=O)/C=C/c2ccccc2)c1. The molecule has 3 heteroatoms. The molecule has 0 aliphatic rings. The van der Waals surface area contributed by atoms with Crippen molar-refractivity contribution in [3.63, 3.8) is 0 Å². The molecular formula is C17H16O3. The van der Waals surface area contributed by atoms with Gasteiger partial charge in [-0.05, 0) is 23.8 Å². The Bertz CT molecular complexity index is 593. The largest absolute Gasteiger partial charge is 0.497 e. The Morgan fingerprint density at radius 1 is 0.950 bits per heavy atom. The highest BCUT2D eigenvalue weighted by molar-refractivity contribution is 6.07. The van der Waals surface area contributed by atoms with E-state index in [1.807, 2.05) is 30.3 Å². The summed E-state index contributed by atoms with van der Waals surface area (Å²) in [4.78, 5) is 12.2. The van der Waals surface area contributed by atoms with Gasteiger partial charge in [0.05, 0.1) is 14.2 Å². The maximum Gasteiger partial charge on any atom is 0.186 e. The number of hydrogen-bond donors (Lipinski definition) is 0. The van der Waals surface area contributed by atoms with E-state index < -0.39 is 0 Å². The predicted octanol–water partition coefficient (Wildman–Crippen LogP) is 3.60. The van der Waals surface area contributed by atoms with Gasteiger partial charge in [0.25, 0.3) is 0 Å². The molecule has 20 heavy (non-hydrogen) atoms. The van der Waals surface area contributed by atoms with Crippen LogP contribution in [-0.2, 0) is 0 Å². The van der Waals surface area contributed by atoms with Gasteiger partial charge in [0.15, 0.2) is 5.78 Å². The molecule has 0 atom stereocenters. The smallest absolute Gasteiger partial charge is 0.186 e. The molecule has 0 bridgehead atoms. The first kappa shape index (κ1) is 13.9. The minimum absolute atomic E-state index is 0.0916. The Hall–Kier alpha value is -2.55. The molecule has 0 radical (unpaired) electrons. The maximum atomic E-state index is 12.2. The van der Waals surface area contributed by atoms with Crippen molar-refractivity contribution in [1.82, 2.24) is 0 Å². The third kappa shape index (κ3) is 3.48. The molecule has 0 amide bonds. The number of benzene rings is 2. The zero-order chi connectivity index (χ0) is 14.4. The quantitative estimate of drug-likeness (QED) is 0.614. The molecule has 102 valence electrons. The highest BCUT2D eigenvalue weighted by Crippen LogP contribution is 2.23. The number of hydrogen-bond acceptors (Lipinski definition) is 3. The van der Waals surface area contributed by atoms with Crippen LogP contribution in [-0.4, -0.2) is 20.0 Å². The summed E-state index contributed by atoms with van der Waals surface area (Å²) in [7, 11) is 3.12. The number of ether oxygens (including phenoxy) is 2. The van der Waals surface area contributed by atoms with Crippen molar-refractivity contribution in [3.05, 3.63) is 65.7 Å². The second-order valence-electron chi connectivity index (χ2n) is 4.21. The molecule has 0 aliphatic carbocycles. The van der Waals surface area contributed by atoms with Gasteiger partial charge in [-0.2, -0.15) is 0 Å². The number of methoxy groups -OCH3 is 2. The lowest BCUT2D eigenvalue weighted by atomic mass is 10.1. The normalized spacial score (nSPS) is 10.5. The van der Waals surface area contributed by atoms with Gasteiger partial charge in [-0.15, -0.1) is 0 Å². The monoisotopic (exact) mass is 268 g/mol. The average Bonchev–Trinajstić information content (AvgIpc) is 2.52. The molecule has 0 fully saturated rings. The van der Waals surface area contributed by atoms with E-state index in [1.165, 1.54) is 0 Å². The van der Waals surface area contributed by atoms with E-state index in [-0.39, 0.29) is 5.78 Å². The summed E-state index contributed by atoms with van der Waals surface area (Å²) < 4.78 is 10.3. The number of rotatable bonds is 5. The minimum Gasteiger partial charge on any atom is -0.497 e. The van der Waals surface area contributed by atoms with E-state index in [9.17, 15) is 4.79 Å². The fourth-order valence-electron chi connectivity index (χ4n) is 1.78. The molecule has 2 aromatic carbocycles. The summed E-state index contributed by atoms with van der Waals surface area (Å²) in [5.74, 6) is 1.10. The van der Waals surface area contributed by atoms with Crippen LogP contribution in [0.15, 0.2) is 54.6 Å². The second kappa shape index (κ2) is 6.57. The van der Waals surface area contributed by atoms with E-state index in [4.69, 9.17) is 9.47 Å². The predicted molar refractivity (Wildman–Crippen MR) is 79.4 cm³/mol. The van der Waals surface area contributed by atoms with Crippen molar-refractivity contribution in [2.75, 3.05) is 14.2 Å². The van der Waals surface area contributed by atoms with Gasteiger partial charge in [0.1, 0.15) is 11.5 Å². The molecule has 2 aromatic rings. The van der Waals surface area contributed by atoms with Crippen LogP contribution in [0.5, 0.6) is 11.5 Å². The van der Waals surface area contributed by atoms with Crippen LogP contribution in [0.4, 0.5) is 0 Å². The van der Waals surface area contributed by atoms with E-state index in [0.29, 0.717) is 17.1 Å². The Kier molecular flexibility index (Phi) is 4.56. The lowest BCUT2D eigenvalue weighted by Crippen LogP contribution is -1.97. The molecule has 0 aliphatic heterocycles. The van der Waals surface area contributed by atoms with Gasteiger partial charge < -0.3 is 9.47 Å². The van der Waals surface area contributed by atoms with Crippen LogP contribution in [0.1, 0.15) is 15.9 Å². The summed E-state index contributed by atoms with van der Waals surface area (Å²) in [6.07, 6.45) is 3.33. The van der Waals surface area contributed by atoms with Crippen LogP contribution >= 0.6 is 0 Å².